The lowest BCUT2D eigenvalue weighted by molar-refractivity contribution is 0.0116. The molecular weight excluding hydrogens is 588 g/mol. The summed E-state index contributed by atoms with van der Waals surface area (Å²) in [6, 6.07) is 11.7. The number of ether oxygens (including phenoxy) is 4. The Balaban J connectivity index is 1.07. The zero-order valence-corrected chi connectivity index (χ0v) is 27.1. The molecule has 2 aliphatic heterocycles. The number of benzene rings is 2. The summed E-state index contributed by atoms with van der Waals surface area (Å²) in [6.45, 7) is 13.3. The predicted molar refractivity (Wildman–Crippen MR) is 180 cm³/mol. The largest absolute Gasteiger partial charge is 0.497 e. The van der Waals surface area contributed by atoms with Gasteiger partial charge in [0.1, 0.15) is 11.6 Å². The van der Waals surface area contributed by atoms with Crippen LogP contribution in [0.1, 0.15) is 16.7 Å². The summed E-state index contributed by atoms with van der Waals surface area (Å²) in [6.07, 6.45) is 1.76. The van der Waals surface area contributed by atoms with Gasteiger partial charge >= 0.3 is 6.03 Å². The summed E-state index contributed by atoms with van der Waals surface area (Å²) >= 11 is 0. The first-order valence-electron chi connectivity index (χ1n) is 15.8. The Morgan fingerprint density at radius 3 is 2.35 bits per heavy atom. The number of urea groups is 1. The van der Waals surface area contributed by atoms with Crippen molar-refractivity contribution in [2.75, 3.05) is 106 Å². The molecule has 3 heterocycles. The minimum Gasteiger partial charge on any atom is -0.497 e. The van der Waals surface area contributed by atoms with E-state index in [0.29, 0.717) is 70.2 Å². The molecule has 0 unspecified atom stereocenters. The SMILES string of the molecule is COc1ccc(C)c(N2Cc3cnc(Nc4ccc(N5CCN(CCOCCOCCOCCN)CC5)c(C)c4)nc3NC2=O)c1. The van der Waals surface area contributed by atoms with Crippen molar-refractivity contribution >= 4 is 34.9 Å². The Kier molecular flexibility index (Phi) is 12.0. The molecule has 0 spiro atoms. The molecular formula is C33H46N8O5. The highest BCUT2D eigenvalue weighted by molar-refractivity contribution is 6.04. The minimum absolute atomic E-state index is 0.243. The number of aryl methyl sites for hydroxylation is 2. The molecule has 2 amide bonds. The Morgan fingerprint density at radius 1 is 0.891 bits per heavy atom. The molecule has 4 N–H and O–H groups in total. The first-order chi connectivity index (χ1) is 22.4. The van der Waals surface area contributed by atoms with E-state index in [9.17, 15) is 4.79 Å². The first-order valence-corrected chi connectivity index (χ1v) is 15.8. The van der Waals surface area contributed by atoms with Gasteiger partial charge in [-0.2, -0.15) is 4.98 Å². The lowest BCUT2D eigenvalue weighted by Gasteiger charge is -2.36. The number of hydrogen-bond donors (Lipinski definition) is 3. The molecule has 248 valence electrons. The number of carbonyl (C=O) groups is 1. The summed E-state index contributed by atoms with van der Waals surface area (Å²) < 4.78 is 21.9. The highest BCUT2D eigenvalue weighted by atomic mass is 16.5. The molecule has 1 saturated heterocycles. The van der Waals surface area contributed by atoms with Gasteiger partial charge < -0.3 is 34.9 Å². The van der Waals surface area contributed by atoms with Crippen molar-refractivity contribution in [3.63, 3.8) is 0 Å². The molecule has 5 rings (SSSR count). The Hall–Kier alpha value is -4.01. The van der Waals surface area contributed by atoms with E-state index >= 15 is 0 Å². The molecule has 2 aromatic carbocycles. The van der Waals surface area contributed by atoms with Gasteiger partial charge in [0, 0.05) is 68.5 Å². The molecule has 0 atom stereocenters. The quantitative estimate of drug-likeness (QED) is 0.200. The van der Waals surface area contributed by atoms with Crippen molar-refractivity contribution in [1.82, 2.24) is 14.9 Å². The van der Waals surface area contributed by atoms with Crippen molar-refractivity contribution in [3.8, 4) is 5.75 Å². The maximum atomic E-state index is 13.0. The fourth-order valence-corrected chi connectivity index (χ4v) is 5.55. The van der Waals surface area contributed by atoms with Crippen LogP contribution in [0.2, 0.25) is 0 Å². The van der Waals surface area contributed by atoms with Crippen LogP contribution >= 0.6 is 0 Å². The van der Waals surface area contributed by atoms with E-state index in [1.165, 1.54) is 11.3 Å². The fourth-order valence-electron chi connectivity index (χ4n) is 5.55. The number of nitrogens with zero attached hydrogens (tertiary/aromatic N) is 5. The van der Waals surface area contributed by atoms with Gasteiger partial charge in [-0.25, -0.2) is 9.78 Å². The normalized spacial score (nSPS) is 15.1. The zero-order chi connectivity index (χ0) is 32.3. The predicted octanol–water partition coefficient (Wildman–Crippen LogP) is 3.53. The fraction of sp³-hybridized carbons (Fsp3) is 0.485. The highest BCUT2D eigenvalue weighted by Crippen LogP contribution is 2.32. The van der Waals surface area contributed by atoms with Gasteiger partial charge in [-0.05, 0) is 49.2 Å². The van der Waals surface area contributed by atoms with Crippen molar-refractivity contribution in [2.45, 2.75) is 20.4 Å². The third-order valence-corrected chi connectivity index (χ3v) is 8.09. The van der Waals surface area contributed by atoms with Gasteiger partial charge in [-0.1, -0.05) is 6.07 Å². The van der Waals surface area contributed by atoms with Crippen LogP contribution in [0.5, 0.6) is 5.75 Å². The number of piperazine rings is 1. The zero-order valence-electron chi connectivity index (χ0n) is 27.1. The Labute approximate surface area is 271 Å². The van der Waals surface area contributed by atoms with Crippen LogP contribution in [0.25, 0.3) is 0 Å². The summed E-state index contributed by atoms with van der Waals surface area (Å²) in [7, 11) is 1.61. The van der Waals surface area contributed by atoms with Crippen molar-refractivity contribution in [2.24, 2.45) is 5.73 Å². The Morgan fingerprint density at radius 2 is 1.63 bits per heavy atom. The number of hydrogen-bond acceptors (Lipinski definition) is 11. The number of anilines is 5. The van der Waals surface area contributed by atoms with Crippen molar-refractivity contribution < 1.29 is 23.7 Å². The molecule has 1 fully saturated rings. The lowest BCUT2D eigenvalue weighted by atomic mass is 10.1. The number of nitrogens with two attached hydrogens (primary N) is 1. The molecule has 1 aromatic heterocycles. The summed E-state index contributed by atoms with van der Waals surface area (Å²) in [4.78, 5) is 28.7. The molecule has 13 heteroatoms. The number of aromatic nitrogens is 2. The smallest absolute Gasteiger partial charge is 0.327 e. The highest BCUT2D eigenvalue weighted by Gasteiger charge is 2.27. The molecule has 13 nitrogen and oxygen atoms in total. The number of amides is 2. The molecule has 2 aliphatic rings. The topological polar surface area (TPSA) is 140 Å². The summed E-state index contributed by atoms with van der Waals surface area (Å²) in [5.41, 5.74) is 11.3. The van der Waals surface area contributed by atoms with Crippen LogP contribution in [0.4, 0.5) is 33.6 Å². The van der Waals surface area contributed by atoms with Gasteiger partial charge in [0.15, 0.2) is 0 Å². The number of methoxy groups -OCH3 is 1. The second-order valence-electron chi connectivity index (χ2n) is 11.3. The molecule has 0 bridgehead atoms. The average molecular weight is 635 g/mol. The third-order valence-electron chi connectivity index (χ3n) is 8.09. The van der Waals surface area contributed by atoms with Gasteiger partial charge in [0.25, 0.3) is 0 Å². The monoisotopic (exact) mass is 634 g/mol. The average Bonchev–Trinajstić information content (AvgIpc) is 3.06. The lowest BCUT2D eigenvalue weighted by Crippen LogP contribution is -2.47. The maximum Gasteiger partial charge on any atom is 0.327 e. The van der Waals surface area contributed by atoms with E-state index in [-0.39, 0.29) is 6.03 Å². The van der Waals surface area contributed by atoms with E-state index in [1.807, 2.05) is 31.2 Å². The summed E-state index contributed by atoms with van der Waals surface area (Å²) in [5, 5.41) is 6.22. The van der Waals surface area contributed by atoms with Crippen LogP contribution in [0.3, 0.4) is 0 Å². The minimum atomic E-state index is -0.243. The van der Waals surface area contributed by atoms with Crippen LogP contribution in [-0.4, -0.2) is 107 Å². The van der Waals surface area contributed by atoms with E-state index in [0.717, 1.165) is 55.2 Å². The van der Waals surface area contributed by atoms with Gasteiger partial charge in [-0.15, -0.1) is 0 Å². The van der Waals surface area contributed by atoms with E-state index in [1.54, 1.807) is 18.2 Å². The van der Waals surface area contributed by atoms with Crippen LogP contribution in [0.15, 0.2) is 42.6 Å². The van der Waals surface area contributed by atoms with Gasteiger partial charge in [-0.3, -0.25) is 15.1 Å². The maximum absolute atomic E-state index is 13.0. The van der Waals surface area contributed by atoms with Gasteiger partial charge in [0.2, 0.25) is 5.95 Å². The van der Waals surface area contributed by atoms with Crippen LogP contribution in [-0.2, 0) is 20.8 Å². The van der Waals surface area contributed by atoms with Crippen molar-refractivity contribution in [3.05, 3.63) is 59.3 Å². The number of fused-ring (bicyclic) bond motifs is 1. The van der Waals surface area contributed by atoms with E-state index < -0.39 is 0 Å². The molecule has 0 radical (unpaired) electrons. The van der Waals surface area contributed by atoms with E-state index in [4.69, 9.17) is 24.7 Å². The first kappa shape index (κ1) is 33.4. The number of nitrogens with one attached hydrogen (secondary N) is 2. The molecule has 46 heavy (non-hydrogen) atoms. The molecule has 0 aliphatic carbocycles. The van der Waals surface area contributed by atoms with E-state index in [2.05, 4.69) is 49.5 Å². The standard InChI is InChI=1S/C33H46N8O5/c1-24-4-6-28(43-3)21-30(24)41-23-26-22-35-32(37-31(26)38-33(41)42)36-27-5-7-29(25(2)20-27)40-11-9-39(10-12-40)13-15-45-17-19-46-18-16-44-14-8-34/h4-7,20-22H,8-19,23,34H2,1-3H3,(H2,35,36,37,38,42). The van der Waals surface area contributed by atoms with Crippen LogP contribution in [0, 0.1) is 13.8 Å². The number of carbonyl (C=O) groups excluding carboxylic acids is 1. The second-order valence-corrected chi connectivity index (χ2v) is 11.3. The van der Waals surface area contributed by atoms with Crippen LogP contribution < -0.4 is 30.9 Å². The second kappa shape index (κ2) is 16.5. The summed E-state index contributed by atoms with van der Waals surface area (Å²) in [5.74, 6) is 1.63. The van der Waals surface area contributed by atoms with Crippen molar-refractivity contribution in [1.29, 1.82) is 0 Å². The number of rotatable bonds is 16. The molecule has 0 saturated carbocycles. The van der Waals surface area contributed by atoms with Gasteiger partial charge in [0.05, 0.1) is 59.0 Å². The molecule has 3 aromatic rings. The third kappa shape index (κ3) is 8.83. The Bertz CT molecular complexity index is 1450.